The molecule has 0 aromatic heterocycles. The highest BCUT2D eigenvalue weighted by molar-refractivity contribution is 7.92. The van der Waals surface area contributed by atoms with E-state index in [1.807, 2.05) is 31.2 Å². The van der Waals surface area contributed by atoms with Crippen LogP contribution in [0.3, 0.4) is 0 Å². The Morgan fingerprint density at radius 3 is 2.30 bits per heavy atom. The van der Waals surface area contributed by atoms with Crippen molar-refractivity contribution in [2.24, 2.45) is 0 Å². The summed E-state index contributed by atoms with van der Waals surface area (Å²) in [6, 6.07) is 15.3. The summed E-state index contributed by atoms with van der Waals surface area (Å²) < 4.78 is 25.8. The molecule has 2 rings (SSSR count). The van der Waals surface area contributed by atoms with Crippen molar-refractivity contribution in [3.8, 4) is 0 Å². The van der Waals surface area contributed by atoms with Crippen LogP contribution in [0.15, 0.2) is 54.6 Å². The van der Waals surface area contributed by atoms with Crippen molar-refractivity contribution in [1.82, 2.24) is 10.2 Å². The highest BCUT2D eigenvalue weighted by atomic mass is 32.2. The molecule has 30 heavy (non-hydrogen) atoms. The molecule has 0 spiro atoms. The van der Waals surface area contributed by atoms with Crippen LogP contribution in [0, 0.1) is 6.92 Å². The number of aryl methyl sites for hydroxylation is 1. The summed E-state index contributed by atoms with van der Waals surface area (Å²) in [6.45, 7) is 5.65. The van der Waals surface area contributed by atoms with Gasteiger partial charge in [-0.05, 0) is 38.5 Å². The molecule has 1 N–H and O–H groups in total. The predicted molar refractivity (Wildman–Crippen MR) is 119 cm³/mol. The zero-order valence-corrected chi connectivity index (χ0v) is 18.6. The van der Waals surface area contributed by atoms with E-state index in [0.717, 1.165) is 21.7 Å². The van der Waals surface area contributed by atoms with Crippen molar-refractivity contribution >= 4 is 27.5 Å². The van der Waals surface area contributed by atoms with E-state index in [2.05, 4.69) is 5.32 Å². The Bertz CT molecular complexity index is 977. The van der Waals surface area contributed by atoms with Gasteiger partial charge in [0.05, 0.1) is 11.9 Å². The molecule has 0 saturated carbocycles. The van der Waals surface area contributed by atoms with Crippen LogP contribution in [0.4, 0.5) is 5.69 Å². The molecule has 0 aliphatic carbocycles. The molecule has 2 amide bonds. The Hall–Kier alpha value is -2.87. The summed E-state index contributed by atoms with van der Waals surface area (Å²) in [4.78, 5) is 27.1. The van der Waals surface area contributed by atoms with Gasteiger partial charge in [0.2, 0.25) is 21.8 Å². The van der Waals surface area contributed by atoms with Gasteiger partial charge in [-0.15, -0.1) is 0 Å². The molecule has 0 radical (unpaired) electrons. The number of benzene rings is 2. The van der Waals surface area contributed by atoms with Gasteiger partial charge in [-0.2, -0.15) is 0 Å². The van der Waals surface area contributed by atoms with Crippen LogP contribution < -0.4 is 9.62 Å². The Balaban J connectivity index is 2.35. The third kappa shape index (κ3) is 6.32. The third-order valence-corrected chi connectivity index (χ3v) is 5.82. The minimum absolute atomic E-state index is 0.200. The first-order valence-electron chi connectivity index (χ1n) is 9.79. The fourth-order valence-corrected chi connectivity index (χ4v) is 3.97. The minimum Gasteiger partial charge on any atom is -0.355 e. The van der Waals surface area contributed by atoms with Gasteiger partial charge in [-0.3, -0.25) is 13.9 Å². The number of rotatable bonds is 9. The molecule has 0 fully saturated rings. The SMILES string of the molecule is CCNC(=O)C(C)N(Cc1cccc(C)c1)C(=O)CN(c1ccccc1)S(C)(=O)=O. The highest BCUT2D eigenvalue weighted by Gasteiger charge is 2.29. The standard InChI is InChI=1S/C22H29N3O4S/c1-5-23-22(27)18(3)24(15-19-11-9-10-17(2)14-19)21(26)16-25(30(4,28)29)20-12-7-6-8-13-20/h6-14,18H,5,15-16H2,1-4H3,(H,23,27). The lowest BCUT2D eigenvalue weighted by Gasteiger charge is -2.31. The molecule has 0 aliphatic rings. The second-order valence-corrected chi connectivity index (χ2v) is 9.09. The first-order valence-corrected chi connectivity index (χ1v) is 11.6. The van der Waals surface area contributed by atoms with E-state index in [4.69, 9.17) is 0 Å². The maximum absolute atomic E-state index is 13.3. The molecule has 1 unspecified atom stereocenters. The van der Waals surface area contributed by atoms with Crippen LogP contribution in [-0.4, -0.2) is 50.5 Å². The van der Waals surface area contributed by atoms with E-state index in [1.54, 1.807) is 44.2 Å². The monoisotopic (exact) mass is 431 g/mol. The Kier molecular flexibility index (Phi) is 8.00. The number of sulfonamides is 1. The van der Waals surface area contributed by atoms with E-state index < -0.39 is 28.5 Å². The van der Waals surface area contributed by atoms with Gasteiger partial charge in [-0.1, -0.05) is 48.0 Å². The molecular formula is C22H29N3O4S. The zero-order chi connectivity index (χ0) is 22.3. The molecule has 1 atom stereocenters. The number of anilines is 1. The summed E-state index contributed by atoms with van der Waals surface area (Å²) >= 11 is 0. The van der Waals surface area contributed by atoms with Gasteiger partial charge in [0.25, 0.3) is 0 Å². The maximum Gasteiger partial charge on any atom is 0.244 e. The van der Waals surface area contributed by atoms with Gasteiger partial charge >= 0.3 is 0 Å². The second kappa shape index (κ2) is 10.2. The van der Waals surface area contributed by atoms with Crippen LogP contribution in [0.25, 0.3) is 0 Å². The van der Waals surface area contributed by atoms with Crippen molar-refractivity contribution in [3.05, 3.63) is 65.7 Å². The topological polar surface area (TPSA) is 86.8 Å². The molecule has 0 saturated heterocycles. The van der Waals surface area contributed by atoms with Crippen molar-refractivity contribution in [3.63, 3.8) is 0 Å². The maximum atomic E-state index is 13.3. The lowest BCUT2D eigenvalue weighted by atomic mass is 10.1. The number of likely N-dealkylation sites (N-methyl/N-ethyl adjacent to an activating group) is 1. The van der Waals surface area contributed by atoms with Gasteiger partial charge < -0.3 is 10.2 Å². The fourth-order valence-electron chi connectivity index (χ4n) is 3.12. The lowest BCUT2D eigenvalue weighted by Crippen LogP contribution is -2.51. The molecule has 7 nitrogen and oxygen atoms in total. The summed E-state index contributed by atoms with van der Waals surface area (Å²) in [5.74, 6) is -0.742. The van der Waals surface area contributed by atoms with E-state index in [9.17, 15) is 18.0 Å². The number of carbonyl (C=O) groups excluding carboxylic acids is 2. The van der Waals surface area contributed by atoms with Gasteiger partial charge in [0.15, 0.2) is 0 Å². The fraction of sp³-hybridized carbons (Fsp3) is 0.364. The summed E-state index contributed by atoms with van der Waals surface area (Å²) in [5.41, 5.74) is 2.30. The van der Waals surface area contributed by atoms with E-state index >= 15 is 0 Å². The third-order valence-electron chi connectivity index (χ3n) is 4.68. The van der Waals surface area contributed by atoms with Crippen LogP contribution in [0.1, 0.15) is 25.0 Å². The van der Waals surface area contributed by atoms with E-state index in [-0.39, 0.29) is 12.5 Å². The van der Waals surface area contributed by atoms with Crippen molar-refractivity contribution in [2.45, 2.75) is 33.4 Å². The molecule has 0 aliphatic heterocycles. The van der Waals surface area contributed by atoms with Gasteiger partial charge in [0.1, 0.15) is 12.6 Å². The Labute approximate surface area is 178 Å². The number of amides is 2. The van der Waals surface area contributed by atoms with Gasteiger partial charge in [0, 0.05) is 13.1 Å². The van der Waals surface area contributed by atoms with E-state index in [1.165, 1.54) is 4.90 Å². The second-order valence-electron chi connectivity index (χ2n) is 7.19. The van der Waals surface area contributed by atoms with Crippen LogP contribution >= 0.6 is 0 Å². The highest BCUT2D eigenvalue weighted by Crippen LogP contribution is 2.18. The number of nitrogens with zero attached hydrogens (tertiary/aromatic N) is 2. The number of para-hydroxylation sites is 1. The summed E-state index contributed by atoms with van der Waals surface area (Å²) in [6.07, 6.45) is 1.06. The van der Waals surface area contributed by atoms with Crippen LogP contribution in [0.5, 0.6) is 0 Å². The van der Waals surface area contributed by atoms with Crippen LogP contribution in [-0.2, 0) is 26.2 Å². The first-order chi connectivity index (χ1) is 14.1. The molecule has 2 aromatic carbocycles. The summed E-state index contributed by atoms with van der Waals surface area (Å²) in [5, 5.41) is 2.73. The quantitative estimate of drug-likeness (QED) is 0.660. The number of hydrogen-bond acceptors (Lipinski definition) is 4. The normalized spacial score (nSPS) is 12.1. The van der Waals surface area contributed by atoms with Crippen molar-refractivity contribution in [1.29, 1.82) is 0 Å². The average molecular weight is 432 g/mol. The van der Waals surface area contributed by atoms with Crippen molar-refractivity contribution < 1.29 is 18.0 Å². The average Bonchev–Trinajstić information content (AvgIpc) is 2.69. The molecular weight excluding hydrogens is 402 g/mol. The Morgan fingerprint density at radius 2 is 1.73 bits per heavy atom. The number of nitrogens with one attached hydrogen (secondary N) is 1. The molecule has 0 heterocycles. The number of hydrogen-bond donors (Lipinski definition) is 1. The zero-order valence-electron chi connectivity index (χ0n) is 17.8. The van der Waals surface area contributed by atoms with Gasteiger partial charge in [-0.25, -0.2) is 8.42 Å². The molecule has 162 valence electrons. The van der Waals surface area contributed by atoms with E-state index in [0.29, 0.717) is 12.2 Å². The molecule has 2 aromatic rings. The first kappa shape index (κ1) is 23.4. The Morgan fingerprint density at radius 1 is 1.07 bits per heavy atom. The van der Waals surface area contributed by atoms with Crippen LogP contribution in [0.2, 0.25) is 0 Å². The molecule has 8 heteroatoms. The summed E-state index contributed by atoms with van der Waals surface area (Å²) in [7, 11) is -3.70. The largest absolute Gasteiger partial charge is 0.355 e. The minimum atomic E-state index is -3.70. The predicted octanol–water partition coefficient (Wildman–Crippen LogP) is 2.31. The number of carbonyl (C=O) groups is 2. The lowest BCUT2D eigenvalue weighted by molar-refractivity contribution is -0.139. The van der Waals surface area contributed by atoms with Crippen molar-refractivity contribution in [2.75, 3.05) is 23.7 Å². The smallest absolute Gasteiger partial charge is 0.244 e. The molecule has 0 bridgehead atoms.